The summed E-state index contributed by atoms with van der Waals surface area (Å²) in [6, 6.07) is 0. The summed E-state index contributed by atoms with van der Waals surface area (Å²) >= 11 is 0. The number of hydrogen-bond donors (Lipinski definition) is 2. The zero-order chi connectivity index (χ0) is 6.57. The number of aliphatic carboxylic acids is 2. The Morgan fingerprint density at radius 1 is 1.00 bits per heavy atom. The monoisotopic (exact) mass is 202 g/mol. The van der Waals surface area contributed by atoms with Crippen molar-refractivity contribution in [3.05, 3.63) is 0 Å². The van der Waals surface area contributed by atoms with Crippen LogP contribution in [0.3, 0.4) is 0 Å². The molecule has 0 saturated heterocycles. The van der Waals surface area contributed by atoms with Crippen molar-refractivity contribution in [2.75, 3.05) is 0 Å². The maximum absolute atomic E-state index is 9.64. The van der Waals surface area contributed by atoms with Gasteiger partial charge in [-0.25, -0.2) is 0 Å². The molecule has 0 radical (unpaired) electrons. The van der Waals surface area contributed by atoms with E-state index in [1.54, 1.807) is 0 Å². The van der Waals surface area contributed by atoms with Crippen LogP contribution >= 0.6 is 12.4 Å². The Balaban J connectivity index is -0.0000000245. The van der Waals surface area contributed by atoms with E-state index in [2.05, 4.69) is 0 Å². The van der Waals surface area contributed by atoms with Gasteiger partial charge in [-0.2, -0.15) is 0 Å². The van der Waals surface area contributed by atoms with Crippen molar-refractivity contribution in [3.63, 3.8) is 0 Å². The summed E-state index contributed by atoms with van der Waals surface area (Å²) in [7, 11) is 0. The minimum Gasteiger partial charge on any atom is -1.00 e. The molecule has 7 heteroatoms. The van der Waals surface area contributed by atoms with Crippen molar-refractivity contribution >= 4 is 24.3 Å². The van der Waals surface area contributed by atoms with Gasteiger partial charge in [0, 0.05) is 0 Å². The van der Waals surface area contributed by atoms with Gasteiger partial charge in [0.05, 0.1) is 12.8 Å². The van der Waals surface area contributed by atoms with E-state index in [4.69, 9.17) is 10.2 Å². The summed E-state index contributed by atoms with van der Waals surface area (Å²) in [6.45, 7) is 0. The first-order chi connectivity index (χ1) is 3.63. The van der Waals surface area contributed by atoms with Gasteiger partial charge in [0.25, 0.3) is 0 Å². The van der Waals surface area contributed by atoms with Crippen LogP contribution in [-0.2, 0) is 9.59 Å². The van der Waals surface area contributed by atoms with Gasteiger partial charge in [-0.15, -0.1) is 12.4 Å². The number of carbonyl (C=O) groups is 2. The molecule has 0 atom stereocenters. The van der Waals surface area contributed by atoms with Crippen molar-refractivity contribution < 1.29 is 81.8 Å². The largest absolute Gasteiger partial charge is 1.00 e. The SMILES string of the molecule is Cl.O=C(O)CCC(=O)O.[H-].[H-].[Na+].[Na+]. The molecule has 11 heavy (non-hydrogen) atoms. The number of carboxylic acid groups (broad SMARTS) is 2. The molecule has 0 aromatic heterocycles. The molecule has 0 fully saturated rings. The Labute approximate surface area is 118 Å². The molecule has 2 N–H and O–H groups in total. The first kappa shape index (κ1) is 22.8. The van der Waals surface area contributed by atoms with Crippen LogP contribution in [0.5, 0.6) is 0 Å². The molecular formula is C4H9ClNa2O4. The Morgan fingerprint density at radius 3 is 1.27 bits per heavy atom. The molecule has 0 aliphatic carbocycles. The fraction of sp³-hybridized carbons (Fsp3) is 0.500. The van der Waals surface area contributed by atoms with Crippen LogP contribution in [0.2, 0.25) is 0 Å². The Morgan fingerprint density at radius 2 is 1.18 bits per heavy atom. The average molecular weight is 203 g/mol. The number of halogens is 1. The summed E-state index contributed by atoms with van der Waals surface area (Å²) < 4.78 is 0. The molecule has 58 valence electrons. The minimum absolute atomic E-state index is 0. The van der Waals surface area contributed by atoms with Crippen LogP contribution in [0.15, 0.2) is 0 Å². The first-order valence-corrected chi connectivity index (χ1v) is 2.06. The average Bonchev–Trinajstić information content (AvgIpc) is 1.61. The van der Waals surface area contributed by atoms with E-state index in [1.165, 1.54) is 0 Å². The Hall–Kier alpha value is 1.23. The van der Waals surface area contributed by atoms with Gasteiger partial charge in [-0.05, 0) is 0 Å². The van der Waals surface area contributed by atoms with Gasteiger partial charge in [0.15, 0.2) is 0 Å². The van der Waals surface area contributed by atoms with Crippen LogP contribution in [0, 0.1) is 0 Å². The van der Waals surface area contributed by atoms with E-state index in [0.717, 1.165) is 0 Å². The number of rotatable bonds is 3. The van der Waals surface area contributed by atoms with Gasteiger partial charge in [-0.3, -0.25) is 9.59 Å². The third-order valence-corrected chi connectivity index (χ3v) is 0.553. The van der Waals surface area contributed by atoms with Crippen LogP contribution in [-0.4, -0.2) is 22.2 Å². The zero-order valence-electron chi connectivity index (χ0n) is 8.53. The Bertz CT molecular complexity index is 113. The second-order valence-corrected chi connectivity index (χ2v) is 1.29. The first-order valence-electron chi connectivity index (χ1n) is 2.06. The van der Waals surface area contributed by atoms with Crippen LogP contribution in [0.4, 0.5) is 0 Å². The molecule has 0 bridgehead atoms. The fourth-order valence-electron chi connectivity index (χ4n) is 0.214. The normalized spacial score (nSPS) is 6.18. The molecule has 0 rings (SSSR count). The van der Waals surface area contributed by atoms with Gasteiger partial charge in [-0.1, -0.05) is 0 Å². The summed E-state index contributed by atoms with van der Waals surface area (Å²) in [5, 5.41) is 15.8. The molecule has 0 amide bonds. The molecule has 0 aliphatic rings. The topological polar surface area (TPSA) is 74.6 Å². The minimum atomic E-state index is -1.08. The third-order valence-electron chi connectivity index (χ3n) is 0.553. The van der Waals surface area contributed by atoms with Gasteiger partial charge < -0.3 is 13.1 Å². The number of carboxylic acids is 2. The quantitative estimate of drug-likeness (QED) is 0.448. The maximum Gasteiger partial charge on any atom is 1.00 e. The van der Waals surface area contributed by atoms with E-state index in [0.29, 0.717) is 0 Å². The molecule has 0 aromatic rings. The molecular weight excluding hydrogens is 193 g/mol. The summed E-state index contributed by atoms with van der Waals surface area (Å²) in [4.78, 5) is 19.3. The standard InChI is InChI=1S/C4H6O4.ClH.2Na.2H/c5-3(6)1-2-4(7)8;;;;;/h1-2H2,(H,5,6)(H,7,8);1H;;;;/q;;2*+1;2*-1. The molecule has 4 nitrogen and oxygen atoms in total. The molecule has 0 heterocycles. The summed E-state index contributed by atoms with van der Waals surface area (Å²) in [6.07, 6.45) is -0.593. The van der Waals surface area contributed by atoms with Crippen LogP contribution in [0.25, 0.3) is 0 Å². The predicted octanol–water partition coefficient (Wildman–Crippen LogP) is -5.41. The maximum atomic E-state index is 9.64. The molecule has 0 aromatic carbocycles. The zero-order valence-corrected chi connectivity index (χ0v) is 11.3. The summed E-state index contributed by atoms with van der Waals surface area (Å²) in [5.74, 6) is -2.15. The predicted molar refractivity (Wildman–Crippen MR) is 34.0 cm³/mol. The van der Waals surface area contributed by atoms with Crippen LogP contribution in [0.1, 0.15) is 15.7 Å². The van der Waals surface area contributed by atoms with Crippen molar-refractivity contribution in [1.82, 2.24) is 0 Å². The third kappa shape index (κ3) is 24.6. The van der Waals surface area contributed by atoms with Gasteiger partial charge >= 0.3 is 71.1 Å². The molecule has 0 aliphatic heterocycles. The van der Waals surface area contributed by atoms with E-state index in [-0.39, 0.29) is 87.2 Å². The van der Waals surface area contributed by atoms with E-state index < -0.39 is 11.9 Å². The number of hydrogen-bond acceptors (Lipinski definition) is 2. The van der Waals surface area contributed by atoms with Gasteiger partial charge in [0.1, 0.15) is 0 Å². The van der Waals surface area contributed by atoms with E-state index >= 15 is 0 Å². The summed E-state index contributed by atoms with van der Waals surface area (Å²) in [5.41, 5.74) is 0. The van der Waals surface area contributed by atoms with Crippen molar-refractivity contribution in [2.24, 2.45) is 0 Å². The second-order valence-electron chi connectivity index (χ2n) is 1.29. The van der Waals surface area contributed by atoms with Crippen molar-refractivity contribution in [2.45, 2.75) is 12.8 Å². The van der Waals surface area contributed by atoms with Crippen LogP contribution < -0.4 is 59.1 Å². The van der Waals surface area contributed by atoms with E-state index in [9.17, 15) is 9.59 Å². The van der Waals surface area contributed by atoms with E-state index in [1.807, 2.05) is 0 Å². The van der Waals surface area contributed by atoms with Crippen molar-refractivity contribution in [3.8, 4) is 0 Å². The van der Waals surface area contributed by atoms with Gasteiger partial charge in [0.2, 0.25) is 0 Å². The fourth-order valence-corrected chi connectivity index (χ4v) is 0.214. The smallest absolute Gasteiger partial charge is 1.00 e. The molecule has 0 saturated carbocycles. The molecule has 0 unspecified atom stereocenters. The molecule has 0 spiro atoms. The second kappa shape index (κ2) is 13.8. The van der Waals surface area contributed by atoms with Crippen molar-refractivity contribution in [1.29, 1.82) is 0 Å². The Kier molecular flexibility index (Phi) is 28.6.